The van der Waals surface area contributed by atoms with Gasteiger partial charge in [-0.15, -0.1) is 0 Å². The minimum Gasteiger partial charge on any atom is -0.347 e. The van der Waals surface area contributed by atoms with E-state index < -0.39 is 17.6 Å². The summed E-state index contributed by atoms with van der Waals surface area (Å²) in [5.41, 5.74) is 0.934. The van der Waals surface area contributed by atoms with Crippen molar-refractivity contribution < 1.29 is 22.8 Å². The summed E-state index contributed by atoms with van der Waals surface area (Å²) in [5, 5.41) is 2.56. The Morgan fingerprint density at radius 3 is 2.10 bits per heavy atom. The number of alkyl halides is 3. The number of hydrogen-bond donors (Lipinski definition) is 1. The summed E-state index contributed by atoms with van der Waals surface area (Å²) in [5.74, 6) is -0.555. The predicted octanol–water partition coefficient (Wildman–Crippen LogP) is 2.71. The molecule has 0 radical (unpaired) electrons. The van der Waals surface area contributed by atoms with E-state index in [-0.39, 0.29) is 18.9 Å². The van der Waals surface area contributed by atoms with Crippen LogP contribution < -0.4 is 5.32 Å². The van der Waals surface area contributed by atoms with Crippen molar-refractivity contribution in [3.63, 3.8) is 0 Å². The Bertz CT molecular complexity index is 846. The molecule has 0 unspecified atom stereocenters. The molecule has 2 aromatic carbocycles. The van der Waals surface area contributed by atoms with Crippen LogP contribution in [-0.2, 0) is 28.7 Å². The first-order valence-corrected chi connectivity index (χ1v) is 9.78. The molecule has 3 rings (SSSR count). The highest BCUT2D eigenvalue weighted by Gasteiger charge is 2.30. The lowest BCUT2D eigenvalue weighted by molar-refractivity contribution is -0.137. The zero-order valence-corrected chi connectivity index (χ0v) is 16.5. The molecule has 160 valence electrons. The number of amides is 2. The number of nitrogens with zero attached hydrogens (tertiary/aromatic N) is 2. The van der Waals surface area contributed by atoms with Crippen molar-refractivity contribution in [2.75, 3.05) is 32.7 Å². The van der Waals surface area contributed by atoms with Crippen LogP contribution in [0.5, 0.6) is 0 Å². The summed E-state index contributed by atoms with van der Waals surface area (Å²) >= 11 is 0. The topological polar surface area (TPSA) is 52.7 Å². The highest BCUT2D eigenvalue weighted by molar-refractivity contribution is 5.85. The van der Waals surface area contributed by atoms with E-state index >= 15 is 0 Å². The maximum atomic E-state index is 12.6. The second-order valence-corrected chi connectivity index (χ2v) is 7.29. The van der Waals surface area contributed by atoms with Gasteiger partial charge in [0.15, 0.2) is 0 Å². The van der Waals surface area contributed by atoms with Gasteiger partial charge in [-0.05, 0) is 23.3 Å². The number of carbonyl (C=O) groups excluding carboxylic acids is 2. The Labute approximate surface area is 173 Å². The summed E-state index contributed by atoms with van der Waals surface area (Å²) in [6, 6.07) is 14.6. The van der Waals surface area contributed by atoms with Crippen LogP contribution in [-0.4, -0.2) is 54.3 Å². The molecular formula is C22H24F3N3O2. The van der Waals surface area contributed by atoms with Crippen LogP contribution in [0.2, 0.25) is 0 Å². The number of piperazine rings is 1. The molecule has 1 aliphatic rings. The molecule has 0 saturated carbocycles. The van der Waals surface area contributed by atoms with E-state index in [1.165, 1.54) is 17.7 Å². The van der Waals surface area contributed by atoms with Gasteiger partial charge in [0.05, 0.1) is 18.5 Å². The molecule has 1 N–H and O–H groups in total. The van der Waals surface area contributed by atoms with Crippen LogP contribution in [0.1, 0.15) is 16.7 Å². The van der Waals surface area contributed by atoms with Gasteiger partial charge >= 0.3 is 6.18 Å². The van der Waals surface area contributed by atoms with E-state index in [9.17, 15) is 22.8 Å². The standard InChI is InChI=1S/C22H24F3N3O2/c23-22(24,25)19-8-6-17(7-9-19)14-20(29)26-15-21(30)28-12-10-27(11-13-28)16-18-4-2-1-3-5-18/h1-9H,10-16H2,(H,26,29). The minimum absolute atomic E-state index is 0.0731. The number of rotatable bonds is 6. The molecule has 1 saturated heterocycles. The number of carbonyl (C=O) groups is 2. The normalized spacial score (nSPS) is 15.1. The maximum Gasteiger partial charge on any atom is 0.416 e. The molecule has 1 aliphatic heterocycles. The zero-order valence-electron chi connectivity index (χ0n) is 16.5. The lowest BCUT2D eigenvalue weighted by atomic mass is 10.1. The van der Waals surface area contributed by atoms with Gasteiger partial charge in [0.1, 0.15) is 0 Å². The van der Waals surface area contributed by atoms with Crippen molar-refractivity contribution in [2.24, 2.45) is 0 Å². The first-order valence-electron chi connectivity index (χ1n) is 9.78. The molecule has 0 aliphatic carbocycles. The third-order valence-corrected chi connectivity index (χ3v) is 5.06. The summed E-state index contributed by atoms with van der Waals surface area (Å²) in [6.07, 6.45) is -4.48. The fourth-order valence-corrected chi connectivity index (χ4v) is 3.34. The van der Waals surface area contributed by atoms with Crippen LogP contribution in [0, 0.1) is 0 Å². The van der Waals surface area contributed by atoms with Crippen LogP contribution in [0.3, 0.4) is 0 Å². The number of halogens is 3. The van der Waals surface area contributed by atoms with Crippen molar-refractivity contribution in [2.45, 2.75) is 19.1 Å². The second kappa shape index (κ2) is 9.75. The van der Waals surface area contributed by atoms with Crippen LogP contribution in [0.15, 0.2) is 54.6 Å². The van der Waals surface area contributed by atoms with Gasteiger partial charge in [-0.1, -0.05) is 42.5 Å². The first-order chi connectivity index (χ1) is 14.3. The minimum atomic E-state index is -4.40. The fraction of sp³-hybridized carbons (Fsp3) is 0.364. The Kier molecular flexibility index (Phi) is 7.10. The van der Waals surface area contributed by atoms with E-state index in [2.05, 4.69) is 22.3 Å². The first kappa shape index (κ1) is 21.8. The van der Waals surface area contributed by atoms with Crippen LogP contribution in [0.4, 0.5) is 13.2 Å². The smallest absolute Gasteiger partial charge is 0.347 e. The van der Waals surface area contributed by atoms with Gasteiger partial charge in [0, 0.05) is 32.7 Å². The van der Waals surface area contributed by atoms with E-state index in [1.807, 2.05) is 18.2 Å². The molecular weight excluding hydrogens is 395 g/mol. The van der Waals surface area contributed by atoms with Gasteiger partial charge in [0.25, 0.3) is 0 Å². The summed E-state index contributed by atoms with van der Waals surface area (Å²) in [4.78, 5) is 28.4. The van der Waals surface area contributed by atoms with E-state index in [1.54, 1.807) is 4.90 Å². The zero-order chi connectivity index (χ0) is 21.6. The third-order valence-electron chi connectivity index (χ3n) is 5.06. The quantitative estimate of drug-likeness (QED) is 0.784. The van der Waals surface area contributed by atoms with Gasteiger partial charge in [-0.2, -0.15) is 13.2 Å². The monoisotopic (exact) mass is 419 g/mol. The Balaban J connectivity index is 1.38. The van der Waals surface area contributed by atoms with Crippen LogP contribution >= 0.6 is 0 Å². The molecule has 1 fully saturated rings. The molecule has 0 atom stereocenters. The highest BCUT2D eigenvalue weighted by atomic mass is 19.4. The summed E-state index contributed by atoms with van der Waals surface area (Å²) in [6.45, 7) is 3.45. The Hall–Kier alpha value is -2.87. The molecule has 2 amide bonds. The molecule has 0 spiro atoms. The van der Waals surface area contributed by atoms with Crippen LogP contribution in [0.25, 0.3) is 0 Å². The van der Waals surface area contributed by atoms with E-state index in [0.29, 0.717) is 18.7 Å². The van der Waals surface area contributed by atoms with E-state index in [0.717, 1.165) is 31.8 Å². The molecule has 0 aromatic heterocycles. The van der Waals surface area contributed by atoms with Crippen molar-refractivity contribution in [1.82, 2.24) is 15.1 Å². The number of hydrogen-bond acceptors (Lipinski definition) is 3. The number of benzene rings is 2. The molecule has 1 heterocycles. The average Bonchev–Trinajstić information content (AvgIpc) is 2.73. The largest absolute Gasteiger partial charge is 0.416 e. The third kappa shape index (κ3) is 6.32. The van der Waals surface area contributed by atoms with Crippen molar-refractivity contribution >= 4 is 11.8 Å². The van der Waals surface area contributed by atoms with Crippen molar-refractivity contribution in [3.05, 3.63) is 71.3 Å². The molecule has 30 heavy (non-hydrogen) atoms. The maximum absolute atomic E-state index is 12.6. The van der Waals surface area contributed by atoms with E-state index in [4.69, 9.17) is 0 Å². The van der Waals surface area contributed by atoms with Crippen molar-refractivity contribution in [1.29, 1.82) is 0 Å². The van der Waals surface area contributed by atoms with Gasteiger partial charge in [-0.3, -0.25) is 14.5 Å². The second-order valence-electron chi connectivity index (χ2n) is 7.29. The SMILES string of the molecule is O=C(Cc1ccc(C(F)(F)F)cc1)NCC(=O)N1CCN(Cc2ccccc2)CC1. The highest BCUT2D eigenvalue weighted by Crippen LogP contribution is 2.29. The van der Waals surface area contributed by atoms with Gasteiger partial charge < -0.3 is 10.2 Å². The summed E-state index contributed by atoms with van der Waals surface area (Å²) in [7, 11) is 0. The molecule has 2 aromatic rings. The molecule has 0 bridgehead atoms. The Morgan fingerprint density at radius 2 is 1.50 bits per heavy atom. The predicted molar refractivity (Wildman–Crippen MR) is 106 cm³/mol. The average molecular weight is 419 g/mol. The van der Waals surface area contributed by atoms with Gasteiger partial charge in [0.2, 0.25) is 11.8 Å². The Morgan fingerprint density at radius 1 is 0.867 bits per heavy atom. The lowest BCUT2D eigenvalue weighted by Crippen LogP contribution is -2.50. The summed E-state index contributed by atoms with van der Waals surface area (Å²) < 4.78 is 37.7. The molecule has 5 nitrogen and oxygen atoms in total. The fourth-order valence-electron chi connectivity index (χ4n) is 3.34. The van der Waals surface area contributed by atoms with Gasteiger partial charge in [-0.25, -0.2) is 0 Å². The lowest BCUT2D eigenvalue weighted by Gasteiger charge is -2.34. The molecule has 8 heteroatoms. The number of nitrogens with one attached hydrogen (secondary N) is 1. The van der Waals surface area contributed by atoms with Crippen molar-refractivity contribution in [3.8, 4) is 0 Å².